The van der Waals surface area contributed by atoms with Crippen LogP contribution in [0.1, 0.15) is 12.7 Å². The minimum Gasteiger partial charge on any atom is -0.468 e. The first-order valence-electron chi connectivity index (χ1n) is 4.60. The molecule has 0 fully saturated rings. The summed E-state index contributed by atoms with van der Waals surface area (Å²) in [5, 5.41) is 0. The Bertz CT molecular complexity index is 209. The van der Waals surface area contributed by atoms with Crippen LogP contribution in [0.25, 0.3) is 0 Å². The van der Waals surface area contributed by atoms with E-state index >= 15 is 0 Å². The molecule has 0 saturated carbocycles. The van der Waals surface area contributed by atoms with Crippen molar-refractivity contribution in [3.05, 3.63) is 24.2 Å². The van der Waals surface area contributed by atoms with Crippen molar-refractivity contribution >= 4 is 0 Å². The number of hydrogen-bond donors (Lipinski definition) is 0. The first-order chi connectivity index (χ1) is 6.36. The van der Waals surface area contributed by atoms with Crippen LogP contribution < -0.4 is 0 Å². The van der Waals surface area contributed by atoms with Gasteiger partial charge in [0, 0.05) is 13.7 Å². The zero-order valence-corrected chi connectivity index (χ0v) is 8.32. The summed E-state index contributed by atoms with van der Waals surface area (Å²) in [5.41, 5.74) is 0. The van der Waals surface area contributed by atoms with Crippen molar-refractivity contribution in [3.8, 4) is 0 Å². The Kier molecular flexibility index (Phi) is 4.57. The summed E-state index contributed by atoms with van der Waals surface area (Å²) in [7, 11) is 1.72. The molecule has 74 valence electrons. The van der Waals surface area contributed by atoms with Gasteiger partial charge in [-0.25, -0.2) is 0 Å². The average molecular weight is 183 g/mol. The molecule has 0 atom stereocenters. The van der Waals surface area contributed by atoms with Gasteiger partial charge >= 0.3 is 0 Å². The largest absolute Gasteiger partial charge is 0.468 e. The molecule has 3 heteroatoms. The highest BCUT2D eigenvalue weighted by atomic mass is 16.5. The summed E-state index contributed by atoms with van der Waals surface area (Å²) in [5.74, 6) is 1.01. The normalized spacial score (nSPS) is 11.0. The summed E-state index contributed by atoms with van der Waals surface area (Å²) in [6.45, 7) is 5.75. The molecule has 0 aromatic carbocycles. The van der Waals surface area contributed by atoms with E-state index in [1.807, 2.05) is 12.1 Å². The molecule has 0 aliphatic heterocycles. The molecule has 13 heavy (non-hydrogen) atoms. The van der Waals surface area contributed by atoms with E-state index in [1.54, 1.807) is 13.4 Å². The van der Waals surface area contributed by atoms with Crippen molar-refractivity contribution in [2.45, 2.75) is 13.5 Å². The number of nitrogens with zero attached hydrogens (tertiary/aromatic N) is 1. The van der Waals surface area contributed by atoms with Gasteiger partial charge in [-0.1, -0.05) is 6.92 Å². The smallest absolute Gasteiger partial charge is 0.117 e. The van der Waals surface area contributed by atoms with Gasteiger partial charge < -0.3 is 9.15 Å². The molecule has 0 spiro atoms. The quantitative estimate of drug-likeness (QED) is 0.672. The molecule has 0 bridgehead atoms. The lowest BCUT2D eigenvalue weighted by Crippen LogP contribution is -2.26. The molecule has 0 aliphatic rings. The predicted molar refractivity (Wildman–Crippen MR) is 51.5 cm³/mol. The average Bonchev–Trinajstić information content (AvgIpc) is 2.64. The summed E-state index contributed by atoms with van der Waals surface area (Å²) in [6.07, 6.45) is 1.71. The van der Waals surface area contributed by atoms with E-state index < -0.39 is 0 Å². The lowest BCUT2D eigenvalue weighted by Gasteiger charge is -2.17. The van der Waals surface area contributed by atoms with Gasteiger partial charge in [0.2, 0.25) is 0 Å². The van der Waals surface area contributed by atoms with E-state index in [-0.39, 0.29) is 0 Å². The summed E-state index contributed by atoms with van der Waals surface area (Å²) in [4.78, 5) is 2.28. The van der Waals surface area contributed by atoms with Crippen molar-refractivity contribution in [3.63, 3.8) is 0 Å². The Balaban J connectivity index is 2.31. The molecule has 0 unspecified atom stereocenters. The molecule has 0 radical (unpaired) electrons. The predicted octanol–water partition coefficient (Wildman–Crippen LogP) is 1.75. The zero-order valence-electron chi connectivity index (χ0n) is 8.32. The van der Waals surface area contributed by atoms with Crippen LogP contribution in [0.5, 0.6) is 0 Å². The Morgan fingerprint density at radius 1 is 1.54 bits per heavy atom. The molecule has 1 aromatic heterocycles. The first kappa shape index (κ1) is 10.3. The molecule has 3 nitrogen and oxygen atoms in total. The number of methoxy groups -OCH3 is 1. The molecule has 1 rings (SSSR count). The van der Waals surface area contributed by atoms with Gasteiger partial charge in [-0.2, -0.15) is 0 Å². The third-order valence-corrected chi connectivity index (χ3v) is 2.02. The van der Waals surface area contributed by atoms with E-state index in [0.29, 0.717) is 0 Å². The van der Waals surface area contributed by atoms with Crippen molar-refractivity contribution in [1.82, 2.24) is 4.90 Å². The van der Waals surface area contributed by atoms with Gasteiger partial charge in [0.1, 0.15) is 5.76 Å². The number of likely N-dealkylation sites (N-methyl/N-ethyl adjacent to an activating group) is 1. The Hall–Kier alpha value is -0.800. The number of furan rings is 1. The van der Waals surface area contributed by atoms with Crippen molar-refractivity contribution in [2.75, 3.05) is 26.8 Å². The standard InChI is InChI=1S/C10H17NO2/c1-3-11(6-8-12-2)9-10-5-4-7-13-10/h4-5,7H,3,6,8-9H2,1-2H3. The monoisotopic (exact) mass is 183 g/mol. The van der Waals surface area contributed by atoms with Crippen molar-refractivity contribution < 1.29 is 9.15 Å². The summed E-state index contributed by atoms with van der Waals surface area (Å²) in [6, 6.07) is 3.91. The highest BCUT2D eigenvalue weighted by molar-refractivity contribution is 4.97. The third kappa shape index (κ3) is 3.61. The van der Waals surface area contributed by atoms with Gasteiger partial charge in [-0.15, -0.1) is 0 Å². The maximum Gasteiger partial charge on any atom is 0.117 e. The maximum absolute atomic E-state index is 5.26. The van der Waals surface area contributed by atoms with E-state index in [2.05, 4.69) is 11.8 Å². The fourth-order valence-corrected chi connectivity index (χ4v) is 1.19. The number of hydrogen-bond acceptors (Lipinski definition) is 3. The second kappa shape index (κ2) is 5.78. The van der Waals surface area contributed by atoms with Gasteiger partial charge in [-0.3, -0.25) is 4.90 Å². The minimum absolute atomic E-state index is 0.772. The van der Waals surface area contributed by atoms with Crippen LogP contribution in [-0.2, 0) is 11.3 Å². The second-order valence-electron chi connectivity index (χ2n) is 2.94. The van der Waals surface area contributed by atoms with Gasteiger partial charge in [0.15, 0.2) is 0 Å². The summed E-state index contributed by atoms with van der Waals surface area (Å²) < 4.78 is 10.3. The highest BCUT2D eigenvalue weighted by Gasteiger charge is 2.04. The third-order valence-electron chi connectivity index (χ3n) is 2.02. The van der Waals surface area contributed by atoms with Crippen LogP contribution >= 0.6 is 0 Å². The van der Waals surface area contributed by atoms with Gasteiger partial charge in [0.25, 0.3) is 0 Å². The van der Waals surface area contributed by atoms with Gasteiger partial charge in [-0.05, 0) is 18.7 Å². The fourth-order valence-electron chi connectivity index (χ4n) is 1.19. The van der Waals surface area contributed by atoms with E-state index in [4.69, 9.17) is 9.15 Å². The fraction of sp³-hybridized carbons (Fsp3) is 0.600. The van der Waals surface area contributed by atoms with Crippen LogP contribution in [0.3, 0.4) is 0 Å². The van der Waals surface area contributed by atoms with Crippen molar-refractivity contribution in [1.29, 1.82) is 0 Å². The molecular formula is C10H17NO2. The number of rotatable bonds is 6. The van der Waals surface area contributed by atoms with Crippen LogP contribution in [0, 0.1) is 0 Å². The van der Waals surface area contributed by atoms with E-state index in [0.717, 1.165) is 32.0 Å². The molecule has 0 N–H and O–H groups in total. The molecule has 1 heterocycles. The Morgan fingerprint density at radius 2 is 2.38 bits per heavy atom. The molecular weight excluding hydrogens is 166 g/mol. The molecule has 1 aromatic rings. The lowest BCUT2D eigenvalue weighted by molar-refractivity contribution is 0.143. The number of ether oxygens (including phenoxy) is 1. The van der Waals surface area contributed by atoms with E-state index in [9.17, 15) is 0 Å². The van der Waals surface area contributed by atoms with E-state index in [1.165, 1.54) is 0 Å². The lowest BCUT2D eigenvalue weighted by atomic mass is 10.4. The van der Waals surface area contributed by atoms with Crippen molar-refractivity contribution in [2.24, 2.45) is 0 Å². The van der Waals surface area contributed by atoms with Crippen LogP contribution in [-0.4, -0.2) is 31.7 Å². The Labute approximate surface area is 79.3 Å². The second-order valence-corrected chi connectivity index (χ2v) is 2.94. The Morgan fingerprint density at radius 3 is 2.92 bits per heavy atom. The van der Waals surface area contributed by atoms with Gasteiger partial charge in [0.05, 0.1) is 19.4 Å². The maximum atomic E-state index is 5.26. The van der Waals surface area contributed by atoms with Crippen LogP contribution in [0.15, 0.2) is 22.8 Å². The highest BCUT2D eigenvalue weighted by Crippen LogP contribution is 2.04. The van der Waals surface area contributed by atoms with Crippen LogP contribution in [0.2, 0.25) is 0 Å². The zero-order chi connectivity index (χ0) is 9.52. The summed E-state index contributed by atoms with van der Waals surface area (Å²) >= 11 is 0. The molecule has 0 saturated heterocycles. The SMILES string of the molecule is CCN(CCOC)Cc1ccco1. The van der Waals surface area contributed by atoms with Crippen LogP contribution in [0.4, 0.5) is 0 Å². The molecule has 0 aliphatic carbocycles. The topological polar surface area (TPSA) is 25.6 Å². The minimum atomic E-state index is 0.772. The first-order valence-corrected chi connectivity index (χ1v) is 4.60. The molecule has 0 amide bonds.